The number of carbonyl (C=O) groups is 4. The van der Waals surface area contributed by atoms with Gasteiger partial charge in [0.05, 0.1) is 52.1 Å². The monoisotopic (exact) mass is 1210 g/mol. The average molecular weight is 1210 g/mol. The van der Waals surface area contributed by atoms with E-state index in [2.05, 4.69) is 61.8 Å². The second-order valence-electron chi connectivity index (χ2n) is 25.8. The van der Waals surface area contributed by atoms with Crippen LogP contribution in [0.25, 0.3) is 0 Å². The van der Waals surface area contributed by atoms with Crippen LogP contribution in [0.4, 0.5) is 0 Å². The Morgan fingerprint density at radius 1 is 0.267 bits per heavy atom. The number of hydrogen-bond donors (Lipinski definition) is 0. The molecule has 0 saturated heterocycles. The molecular weight excluding hydrogens is 1070 g/mol. The third-order valence-electron chi connectivity index (χ3n) is 17.4. The van der Waals surface area contributed by atoms with E-state index in [4.69, 9.17) is 18.9 Å². The van der Waals surface area contributed by atoms with Crippen molar-refractivity contribution in [3.63, 3.8) is 0 Å². The van der Waals surface area contributed by atoms with E-state index in [0.29, 0.717) is 65.7 Å². The van der Waals surface area contributed by atoms with Crippen LogP contribution < -0.4 is 0 Å². The smallest absolute Gasteiger partial charge is 0.307 e. The van der Waals surface area contributed by atoms with Gasteiger partial charge in [-0.15, -0.1) is 0 Å². The Labute approximate surface area is 532 Å². The second kappa shape index (κ2) is 65.0. The lowest BCUT2D eigenvalue weighted by Gasteiger charge is -2.24. The SMILES string of the molecule is CCCCCCCCCCCCCCOC(=O)CCN(CCC(=O)OCCCCCCCCCCCCCC)Cc1cccc(CN(CCC(=O)OCCCCCCCCCCCCCC)CCC(=O)OCCCCCCCCCCCCCC)c1. The molecule has 0 saturated carbocycles. The van der Waals surface area contributed by atoms with Crippen molar-refractivity contribution >= 4 is 23.9 Å². The van der Waals surface area contributed by atoms with E-state index in [0.717, 1.165) is 62.5 Å². The Morgan fingerprint density at radius 2 is 0.442 bits per heavy atom. The van der Waals surface area contributed by atoms with Gasteiger partial charge in [-0.2, -0.15) is 0 Å². The molecule has 0 radical (unpaired) electrons. The molecule has 10 nitrogen and oxygen atoms in total. The standard InChI is InChI=1S/C76H140N2O8/c1-5-9-13-17-21-25-29-33-37-41-45-49-64-83-73(79)56-60-77(61-57-74(80)84-65-50-46-42-38-34-30-26-22-18-14-10-6-2)69-71-54-53-55-72(68-71)70-78(62-58-75(81)85-66-51-47-43-39-35-31-27-23-19-15-11-7-3)63-59-76(82)86-67-52-48-44-40-36-32-28-24-20-16-12-8-4/h53-55,68H,5-52,56-67,69-70H2,1-4H3. The minimum atomic E-state index is -0.197. The topological polar surface area (TPSA) is 112 Å². The molecule has 502 valence electrons. The van der Waals surface area contributed by atoms with E-state index < -0.39 is 0 Å². The Morgan fingerprint density at radius 3 is 0.628 bits per heavy atom. The first-order valence-corrected chi connectivity index (χ1v) is 37.5. The van der Waals surface area contributed by atoms with Crippen molar-refractivity contribution < 1.29 is 38.1 Å². The third kappa shape index (κ3) is 57.5. The lowest BCUT2D eigenvalue weighted by Crippen LogP contribution is -2.30. The second-order valence-corrected chi connectivity index (χ2v) is 25.8. The summed E-state index contributed by atoms with van der Waals surface area (Å²) in [7, 11) is 0. The fourth-order valence-corrected chi connectivity index (χ4v) is 11.7. The molecule has 0 atom stereocenters. The van der Waals surface area contributed by atoms with E-state index in [-0.39, 0.29) is 49.6 Å². The first-order valence-electron chi connectivity index (χ1n) is 37.5. The number of hydrogen-bond acceptors (Lipinski definition) is 10. The molecule has 0 fully saturated rings. The molecule has 10 heteroatoms. The predicted molar refractivity (Wildman–Crippen MR) is 364 cm³/mol. The normalized spacial score (nSPS) is 11.5. The summed E-state index contributed by atoms with van der Waals surface area (Å²) in [4.78, 5) is 56.8. The molecule has 0 aliphatic carbocycles. The highest BCUT2D eigenvalue weighted by Crippen LogP contribution is 2.18. The van der Waals surface area contributed by atoms with Gasteiger partial charge in [0.25, 0.3) is 0 Å². The molecule has 0 spiro atoms. The van der Waals surface area contributed by atoms with Crippen LogP contribution in [-0.4, -0.2) is 86.3 Å². The summed E-state index contributed by atoms with van der Waals surface area (Å²) in [6.07, 6.45) is 61.6. The third-order valence-corrected chi connectivity index (χ3v) is 17.4. The molecular formula is C76H140N2O8. The van der Waals surface area contributed by atoms with Crippen LogP contribution in [0.2, 0.25) is 0 Å². The zero-order chi connectivity index (χ0) is 62.1. The molecule has 0 unspecified atom stereocenters. The Bertz CT molecular complexity index is 1430. The predicted octanol–water partition coefficient (Wildman–Crippen LogP) is 21.8. The van der Waals surface area contributed by atoms with E-state index in [9.17, 15) is 19.2 Å². The van der Waals surface area contributed by atoms with Gasteiger partial charge in [0, 0.05) is 39.3 Å². The van der Waals surface area contributed by atoms with Crippen molar-refractivity contribution in [2.24, 2.45) is 0 Å². The maximum absolute atomic E-state index is 13.1. The molecule has 0 amide bonds. The number of ether oxygens (including phenoxy) is 4. The van der Waals surface area contributed by atoms with Crippen molar-refractivity contribution in [2.75, 3.05) is 52.6 Å². The van der Waals surface area contributed by atoms with Crippen LogP contribution in [0.15, 0.2) is 24.3 Å². The summed E-state index contributed by atoms with van der Waals surface area (Å²) in [5.41, 5.74) is 2.14. The molecule has 0 bridgehead atoms. The summed E-state index contributed by atoms with van der Waals surface area (Å²) in [6.45, 7) is 13.9. The van der Waals surface area contributed by atoms with Crippen LogP contribution in [-0.2, 0) is 51.2 Å². The molecule has 0 aliphatic heterocycles. The van der Waals surface area contributed by atoms with Crippen LogP contribution in [0.3, 0.4) is 0 Å². The van der Waals surface area contributed by atoms with Gasteiger partial charge >= 0.3 is 23.9 Å². The highest BCUT2D eigenvalue weighted by Gasteiger charge is 2.17. The molecule has 0 N–H and O–H groups in total. The van der Waals surface area contributed by atoms with E-state index in [1.165, 1.54) is 257 Å². The van der Waals surface area contributed by atoms with Crippen LogP contribution in [0, 0.1) is 0 Å². The molecule has 86 heavy (non-hydrogen) atoms. The number of carbonyl (C=O) groups excluding carboxylic acids is 4. The van der Waals surface area contributed by atoms with Gasteiger partial charge in [-0.1, -0.05) is 334 Å². The average Bonchev–Trinajstić information content (AvgIpc) is 3.63. The largest absolute Gasteiger partial charge is 0.466 e. The van der Waals surface area contributed by atoms with Gasteiger partial charge in [-0.3, -0.25) is 29.0 Å². The zero-order valence-corrected chi connectivity index (χ0v) is 57.3. The van der Waals surface area contributed by atoms with Gasteiger partial charge in [0.2, 0.25) is 0 Å². The summed E-state index contributed by atoms with van der Waals surface area (Å²) >= 11 is 0. The van der Waals surface area contributed by atoms with Crippen molar-refractivity contribution in [2.45, 2.75) is 375 Å². The molecule has 1 rings (SSSR count). The van der Waals surface area contributed by atoms with Gasteiger partial charge in [0.15, 0.2) is 0 Å². The molecule has 1 aromatic rings. The maximum Gasteiger partial charge on any atom is 0.307 e. The van der Waals surface area contributed by atoms with Crippen molar-refractivity contribution in [3.8, 4) is 0 Å². The van der Waals surface area contributed by atoms with Gasteiger partial charge in [-0.05, 0) is 36.8 Å². The van der Waals surface area contributed by atoms with E-state index in [1.807, 2.05) is 0 Å². The van der Waals surface area contributed by atoms with Crippen molar-refractivity contribution in [1.82, 2.24) is 9.80 Å². The van der Waals surface area contributed by atoms with E-state index >= 15 is 0 Å². The van der Waals surface area contributed by atoms with Gasteiger partial charge in [-0.25, -0.2) is 0 Å². The van der Waals surface area contributed by atoms with E-state index in [1.54, 1.807) is 0 Å². The van der Waals surface area contributed by atoms with Gasteiger partial charge in [0.1, 0.15) is 0 Å². The number of unbranched alkanes of at least 4 members (excludes halogenated alkanes) is 44. The van der Waals surface area contributed by atoms with Crippen LogP contribution >= 0.6 is 0 Å². The van der Waals surface area contributed by atoms with Crippen molar-refractivity contribution in [3.05, 3.63) is 35.4 Å². The molecule has 0 aliphatic rings. The quantitative estimate of drug-likeness (QED) is 0.0355. The number of benzene rings is 1. The summed E-state index contributed by atoms with van der Waals surface area (Å²) in [5, 5.41) is 0. The van der Waals surface area contributed by atoms with Crippen molar-refractivity contribution in [1.29, 1.82) is 0 Å². The molecule has 1 aromatic carbocycles. The fourth-order valence-electron chi connectivity index (χ4n) is 11.7. The zero-order valence-electron chi connectivity index (χ0n) is 57.3. The van der Waals surface area contributed by atoms with Crippen LogP contribution in [0.5, 0.6) is 0 Å². The molecule has 0 aromatic heterocycles. The number of nitrogens with zero attached hydrogens (tertiary/aromatic N) is 2. The highest BCUT2D eigenvalue weighted by atomic mass is 16.5. The Kier molecular flexibility index (Phi) is 61.2. The fraction of sp³-hybridized carbons (Fsp3) is 0.868. The molecule has 0 heterocycles. The minimum absolute atomic E-state index is 0.197. The summed E-state index contributed by atoms with van der Waals surface area (Å²) < 4.78 is 22.9. The number of rotatable bonds is 68. The van der Waals surface area contributed by atoms with Crippen LogP contribution in [0.1, 0.15) is 373 Å². The Hall–Kier alpha value is -2.98. The van der Waals surface area contributed by atoms with Gasteiger partial charge < -0.3 is 18.9 Å². The number of esters is 4. The first kappa shape index (κ1) is 81.0. The summed E-state index contributed by atoms with van der Waals surface area (Å²) in [5.74, 6) is -0.788. The minimum Gasteiger partial charge on any atom is -0.466 e. The lowest BCUT2D eigenvalue weighted by atomic mass is 10.1. The Balaban J connectivity index is 2.84. The lowest BCUT2D eigenvalue weighted by molar-refractivity contribution is -0.146. The first-order chi connectivity index (χ1) is 42.3. The highest BCUT2D eigenvalue weighted by molar-refractivity contribution is 5.71. The maximum atomic E-state index is 13.1. The summed E-state index contributed by atoms with van der Waals surface area (Å²) in [6, 6.07) is 8.42.